The van der Waals surface area contributed by atoms with Crippen molar-refractivity contribution >= 4 is 11.7 Å². The normalized spacial score (nSPS) is 11.8. The highest BCUT2D eigenvalue weighted by Gasteiger charge is 2.36. The molecule has 1 aromatic carbocycles. The summed E-state index contributed by atoms with van der Waals surface area (Å²) in [5.74, 6) is -2.29. The first-order valence-electron chi connectivity index (χ1n) is 8.35. The monoisotopic (exact) mass is 396 g/mol. The van der Waals surface area contributed by atoms with E-state index in [1.54, 1.807) is 13.8 Å². The summed E-state index contributed by atoms with van der Waals surface area (Å²) in [6.45, 7) is 3.23. The summed E-state index contributed by atoms with van der Waals surface area (Å²) in [4.78, 5) is 19.4. The Labute approximate surface area is 157 Å². The van der Waals surface area contributed by atoms with E-state index < -0.39 is 18.0 Å². The molecule has 0 fully saturated rings. The van der Waals surface area contributed by atoms with E-state index in [-0.39, 0.29) is 31.0 Å². The third kappa shape index (κ3) is 4.26. The van der Waals surface area contributed by atoms with Gasteiger partial charge in [-0.1, -0.05) is 12.1 Å². The summed E-state index contributed by atoms with van der Waals surface area (Å²) in [7, 11) is 0. The predicted octanol–water partition coefficient (Wildman–Crippen LogP) is 3.58. The maximum atomic E-state index is 12.9. The number of nitrogens with zero attached hydrogens (tertiary/aromatic N) is 4. The molecule has 2 aromatic heterocycles. The fraction of sp³-hybridized carbons (Fsp3) is 0.333. The average Bonchev–Trinajstić information content (AvgIpc) is 3.05. The van der Waals surface area contributed by atoms with Gasteiger partial charge in [0.05, 0.1) is 0 Å². The van der Waals surface area contributed by atoms with Crippen LogP contribution in [0.4, 0.5) is 17.6 Å². The molecule has 0 spiro atoms. The number of rotatable bonds is 5. The highest BCUT2D eigenvalue weighted by atomic mass is 19.4. The molecule has 0 saturated heterocycles. The number of esters is 1. The lowest BCUT2D eigenvalue weighted by atomic mass is 10.1. The molecule has 10 heteroatoms. The van der Waals surface area contributed by atoms with Crippen LogP contribution in [-0.2, 0) is 28.7 Å². The van der Waals surface area contributed by atoms with Crippen molar-refractivity contribution in [2.75, 3.05) is 0 Å². The first-order valence-corrected chi connectivity index (χ1v) is 8.35. The van der Waals surface area contributed by atoms with E-state index in [1.807, 2.05) is 0 Å². The molecule has 3 rings (SSSR count). The van der Waals surface area contributed by atoms with Crippen molar-refractivity contribution in [1.82, 2.24) is 19.6 Å². The Morgan fingerprint density at radius 2 is 1.82 bits per heavy atom. The largest absolute Gasteiger partial charge is 0.461 e. The minimum Gasteiger partial charge on any atom is -0.461 e. The number of benzene rings is 1. The lowest BCUT2D eigenvalue weighted by Gasteiger charge is -2.10. The van der Waals surface area contributed by atoms with Crippen molar-refractivity contribution in [3.8, 4) is 0 Å². The van der Waals surface area contributed by atoms with Crippen molar-refractivity contribution in [1.29, 1.82) is 0 Å². The maximum absolute atomic E-state index is 12.9. The molecule has 0 aliphatic heterocycles. The van der Waals surface area contributed by atoms with E-state index in [1.165, 1.54) is 24.3 Å². The van der Waals surface area contributed by atoms with Gasteiger partial charge in [-0.25, -0.2) is 13.9 Å². The van der Waals surface area contributed by atoms with Gasteiger partial charge in [0.25, 0.3) is 11.6 Å². The molecule has 0 amide bonds. The molecule has 0 atom stereocenters. The quantitative estimate of drug-likeness (QED) is 0.487. The average molecular weight is 396 g/mol. The lowest BCUT2D eigenvalue weighted by molar-refractivity contribution is -0.145. The van der Waals surface area contributed by atoms with E-state index in [9.17, 15) is 22.4 Å². The minimum absolute atomic E-state index is 0.00633. The van der Waals surface area contributed by atoms with Crippen LogP contribution in [0.1, 0.15) is 34.8 Å². The number of hydrogen-bond acceptors (Lipinski definition) is 5. The first kappa shape index (κ1) is 19.7. The van der Waals surface area contributed by atoms with Crippen LogP contribution in [0.2, 0.25) is 0 Å². The zero-order chi connectivity index (χ0) is 20.5. The zero-order valence-corrected chi connectivity index (χ0v) is 15.0. The number of hydrogen-bond donors (Lipinski definition) is 0. The second-order valence-corrected chi connectivity index (χ2v) is 6.19. The van der Waals surface area contributed by atoms with Crippen molar-refractivity contribution in [3.63, 3.8) is 0 Å². The van der Waals surface area contributed by atoms with Gasteiger partial charge in [-0.3, -0.25) is 4.79 Å². The Morgan fingerprint density at radius 1 is 1.14 bits per heavy atom. The maximum Gasteiger partial charge on any atom is 0.453 e. The van der Waals surface area contributed by atoms with Gasteiger partial charge >= 0.3 is 12.1 Å². The van der Waals surface area contributed by atoms with Crippen LogP contribution in [0.15, 0.2) is 24.3 Å². The van der Waals surface area contributed by atoms with Crippen LogP contribution < -0.4 is 0 Å². The van der Waals surface area contributed by atoms with E-state index in [4.69, 9.17) is 4.74 Å². The Hall–Kier alpha value is -3.04. The molecule has 6 nitrogen and oxygen atoms in total. The summed E-state index contributed by atoms with van der Waals surface area (Å²) in [5.41, 5.74) is 2.15. The predicted molar refractivity (Wildman–Crippen MR) is 89.8 cm³/mol. The second-order valence-electron chi connectivity index (χ2n) is 6.19. The summed E-state index contributed by atoms with van der Waals surface area (Å²) in [6, 6.07) is 5.56. The van der Waals surface area contributed by atoms with Crippen LogP contribution >= 0.6 is 0 Å². The van der Waals surface area contributed by atoms with E-state index in [0.717, 1.165) is 4.52 Å². The Morgan fingerprint density at radius 3 is 2.46 bits per heavy atom. The van der Waals surface area contributed by atoms with E-state index in [2.05, 4.69) is 15.1 Å². The summed E-state index contributed by atoms with van der Waals surface area (Å²) < 4.78 is 57.5. The van der Waals surface area contributed by atoms with Gasteiger partial charge in [0.1, 0.15) is 12.4 Å². The number of alkyl halides is 3. The third-order valence-electron chi connectivity index (χ3n) is 4.19. The van der Waals surface area contributed by atoms with Crippen molar-refractivity contribution in [2.45, 2.75) is 39.5 Å². The summed E-state index contributed by atoms with van der Waals surface area (Å²) in [5, 5.41) is 3.47. The van der Waals surface area contributed by atoms with Gasteiger partial charge in [-0.05, 0) is 43.5 Å². The minimum atomic E-state index is -4.67. The van der Waals surface area contributed by atoms with Gasteiger partial charge in [0.15, 0.2) is 0 Å². The first-order chi connectivity index (χ1) is 13.1. The molecular weight excluding hydrogens is 380 g/mol. The molecule has 0 saturated carbocycles. The standard InChI is InChI=1S/C18H16F4N4O2/c1-10-14(7-8-15(27)28-9-12-3-5-13(19)6-4-12)11(2)26-17(23-10)24-16(25-26)18(20,21)22/h3-6H,7-9H2,1-2H3. The lowest BCUT2D eigenvalue weighted by Crippen LogP contribution is -2.11. The molecule has 0 unspecified atom stereocenters. The van der Waals surface area contributed by atoms with Crippen molar-refractivity contribution in [3.05, 3.63) is 58.4 Å². The molecule has 0 aliphatic carbocycles. The number of aryl methyl sites for hydroxylation is 2. The molecule has 0 N–H and O–H groups in total. The Bertz CT molecular complexity index is 1010. The number of halogens is 4. The molecule has 3 aromatic rings. The Balaban J connectivity index is 1.69. The molecule has 0 radical (unpaired) electrons. The van der Waals surface area contributed by atoms with Gasteiger partial charge in [-0.15, -0.1) is 5.10 Å². The molecule has 28 heavy (non-hydrogen) atoms. The fourth-order valence-corrected chi connectivity index (χ4v) is 2.73. The van der Waals surface area contributed by atoms with Crippen molar-refractivity contribution < 1.29 is 27.1 Å². The zero-order valence-electron chi connectivity index (χ0n) is 15.0. The van der Waals surface area contributed by atoms with Crippen LogP contribution in [0.3, 0.4) is 0 Å². The summed E-state index contributed by atoms with van der Waals surface area (Å²) in [6.07, 6.45) is -4.43. The summed E-state index contributed by atoms with van der Waals surface area (Å²) >= 11 is 0. The van der Waals surface area contributed by atoms with Gasteiger partial charge in [0.2, 0.25) is 0 Å². The van der Waals surface area contributed by atoms with E-state index in [0.29, 0.717) is 22.5 Å². The van der Waals surface area contributed by atoms with Crippen LogP contribution in [0, 0.1) is 19.7 Å². The number of aromatic nitrogens is 4. The smallest absolute Gasteiger partial charge is 0.453 e. The number of ether oxygens (including phenoxy) is 1. The third-order valence-corrected chi connectivity index (χ3v) is 4.19. The van der Waals surface area contributed by atoms with Crippen LogP contribution in [0.25, 0.3) is 5.78 Å². The highest BCUT2D eigenvalue weighted by molar-refractivity contribution is 5.69. The number of carbonyl (C=O) groups is 1. The Kier molecular flexibility index (Phi) is 5.30. The van der Waals surface area contributed by atoms with Crippen LogP contribution in [0.5, 0.6) is 0 Å². The van der Waals surface area contributed by atoms with Gasteiger partial charge in [-0.2, -0.15) is 18.2 Å². The van der Waals surface area contributed by atoms with Crippen LogP contribution in [-0.4, -0.2) is 25.6 Å². The molecule has 148 valence electrons. The fourth-order valence-electron chi connectivity index (χ4n) is 2.73. The molecule has 0 aliphatic rings. The van der Waals surface area contributed by atoms with Gasteiger partial charge in [0, 0.05) is 17.8 Å². The highest BCUT2D eigenvalue weighted by Crippen LogP contribution is 2.27. The molecular formula is C18H16F4N4O2. The molecule has 0 bridgehead atoms. The van der Waals surface area contributed by atoms with E-state index >= 15 is 0 Å². The van der Waals surface area contributed by atoms with Gasteiger partial charge < -0.3 is 4.74 Å². The van der Waals surface area contributed by atoms with Crippen molar-refractivity contribution in [2.24, 2.45) is 0 Å². The topological polar surface area (TPSA) is 69.4 Å². The number of carbonyl (C=O) groups excluding carboxylic acids is 1. The SMILES string of the molecule is Cc1nc2nc(C(F)(F)F)nn2c(C)c1CCC(=O)OCc1ccc(F)cc1. The number of fused-ring (bicyclic) bond motifs is 1. The second kappa shape index (κ2) is 7.53. The molecule has 2 heterocycles.